The number of carbonyl (C=O) groups excluding carboxylic acids is 3. The molecule has 1 unspecified atom stereocenters. The van der Waals surface area contributed by atoms with Crippen molar-refractivity contribution in [2.45, 2.75) is 45.1 Å². The van der Waals surface area contributed by atoms with Crippen molar-refractivity contribution in [1.29, 1.82) is 0 Å². The number of amides is 4. The smallest absolute Gasteiger partial charge is 0.325 e. The van der Waals surface area contributed by atoms with Gasteiger partial charge in [0.1, 0.15) is 6.04 Å². The van der Waals surface area contributed by atoms with Crippen molar-refractivity contribution in [3.63, 3.8) is 0 Å². The summed E-state index contributed by atoms with van der Waals surface area (Å²) in [6, 6.07) is -1.04. The standard InChI is InChI=1S/C11H16N2O3/c1-7(14)13-10(15)9(12-11(13)16)8-5-3-2-4-6-8/h8-9H,2-6H2,1H3,(H,12,16). The van der Waals surface area contributed by atoms with Crippen LogP contribution in [0, 0.1) is 5.92 Å². The first-order chi connectivity index (χ1) is 7.61. The molecule has 1 saturated carbocycles. The number of urea groups is 1. The van der Waals surface area contributed by atoms with Crippen LogP contribution in [0.1, 0.15) is 39.0 Å². The highest BCUT2D eigenvalue weighted by molar-refractivity contribution is 6.16. The summed E-state index contributed by atoms with van der Waals surface area (Å²) in [7, 11) is 0. The highest BCUT2D eigenvalue weighted by atomic mass is 16.2. The van der Waals surface area contributed by atoms with Gasteiger partial charge in [0.05, 0.1) is 0 Å². The van der Waals surface area contributed by atoms with Crippen LogP contribution in [0.4, 0.5) is 4.79 Å². The van der Waals surface area contributed by atoms with Gasteiger partial charge in [-0.1, -0.05) is 19.3 Å². The first-order valence-electron chi connectivity index (χ1n) is 5.76. The van der Waals surface area contributed by atoms with Crippen LogP contribution in [0.2, 0.25) is 0 Å². The van der Waals surface area contributed by atoms with Gasteiger partial charge in [-0.25, -0.2) is 4.79 Å². The molecule has 1 atom stereocenters. The van der Waals surface area contributed by atoms with Crippen LogP contribution >= 0.6 is 0 Å². The monoisotopic (exact) mass is 224 g/mol. The largest absolute Gasteiger partial charge is 0.331 e. The van der Waals surface area contributed by atoms with E-state index in [9.17, 15) is 14.4 Å². The van der Waals surface area contributed by atoms with E-state index in [1.807, 2.05) is 0 Å². The molecule has 1 aliphatic heterocycles. The molecule has 0 aromatic heterocycles. The number of nitrogens with one attached hydrogen (secondary N) is 1. The fraction of sp³-hybridized carbons (Fsp3) is 0.727. The van der Waals surface area contributed by atoms with E-state index in [2.05, 4.69) is 5.32 Å². The molecule has 1 N–H and O–H groups in total. The van der Waals surface area contributed by atoms with Gasteiger partial charge in [-0.3, -0.25) is 9.59 Å². The lowest BCUT2D eigenvalue weighted by Crippen LogP contribution is -2.39. The maximum atomic E-state index is 11.9. The molecule has 0 bridgehead atoms. The van der Waals surface area contributed by atoms with Gasteiger partial charge >= 0.3 is 6.03 Å². The normalized spacial score (nSPS) is 27.1. The minimum atomic E-state index is -0.562. The third kappa shape index (κ3) is 1.81. The van der Waals surface area contributed by atoms with Gasteiger partial charge in [0, 0.05) is 6.92 Å². The Balaban J connectivity index is 2.10. The molecule has 0 aromatic carbocycles. The van der Waals surface area contributed by atoms with Crippen LogP contribution in [-0.4, -0.2) is 28.8 Å². The molecule has 2 aliphatic rings. The average molecular weight is 224 g/mol. The summed E-state index contributed by atoms with van der Waals surface area (Å²) in [5.41, 5.74) is 0. The Bertz CT molecular complexity index is 334. The summed E-state index contributed by atoms with van der Waals surface area (Å²) in [6.07, 6.45) is 5.32. The van der Waals surface area contributed by atoms with Crippen LogP contribution < -0.4 is 5.32 Å². The Morgan fingerprint density at radius 3 is 2.38 bits per heavy atom. The molecular formula is C11H16N2O3. The zero-order valence-corrected chi connectivity index (χ0v) is 9.36. The summed E-state index contributed by atoms with van der Waals surface area (Å²) in [5, 5.41) is 2.62. The molecule has 1 heterocycles. The molecule has 4 amide bonds. The average Bonchev–Trinajstić information content (AvgIpc) is 2.55. The van der Waals surface area contributed by atoms with Crippen LogP contribution in [0.5, 0.6) is 0 Å². The third-order valence-electron chi connectivity index (χ3n) is 3.40. The van der Waals surface area contributed by atoms with Crippen molar-refractivity contribution in [3.05, 3.63) is 0 Å². The lowest BCUT2D eigenvalue weighted by molar-refractivity contribution is -0.139. The topological polar surface area (TPSA) is 66.5 Å². The molecule has 5 nitrogen and oxygen atoms in total. The quantitative estimate of drug-likeness (QED) is 0.676. The molecule has 1 aliphatic carbocycles. The molecule has 16 heavy (non-hydrogen) atoms. The van der Waals surface area contributed by atoms with Gasteiger partial charge in [-0.15, -0.1) is 0 Å². The van der Waals surface area contributed by atoms with Gasteiger partial charge in [0.25, 0.3) is 5.91 Å². The minimum Gasteiger partial charge on any atom is -0.325 e. The Hall–Kier alpha value is -1.39. The number of nitrogens with zero attached hydrogens (tertiary/aromatic N) is 1. The highest BCUT2D eigenvalue weighted by Gasteiger charge is 2.44. The van der Waals surface area contributed by atoms with Gasteiger partial charge in [-0.05, 0) is 18.8 Å². The van der Waals surface area contributed by atoms with E-state index < -0.39 is 18.0 Å². The molecule has 5 heteroatoms. The second-order valence-corrected chi connectivity index (χ2v) is 4.52. The van der Waals surface area contributed by atoms with Crippen molar-refractivity contribution in [2.24, 2.45) is 5.92 Å². The zero-order chi connectivity index (χ0) is 11.7. The first-order valence-corrected chi connectivity index (χ1v) is 5.76. The Kier molecular flexibility index (Phi) is 2.94. The minimum absolute atomic E-state index is 0.203. The lowest BCUT2D eigenvalue weighted by Gasteiger charge is -2.25. The zero-order valence-electron chi connectivity index (χ0n) is 9.36. The Labute approximate surface area is 94.2 Å². The number of imide groups is 3. The van der Waals surface area contributed by atoms with Crippen LogP contribution in [0.25, 0.3) is 0 Å². The maximum Gasteiger partial charge on any atom is 0.331 e. The van der Waals surface area contributed by atoms with Crippen molar-refractivity contribution in [3.8, 4) is 0 Å². The SMILES string of the molecule is CC(=O)N1C(=O)NC(C2CCCCC2)C1=O. The number of hydrogen-bond donors (Lipinski definition) is 1. The predicted molar refractivity (Wildman–Crippen MR) is 56.4 cm³/mol. The molecule has 0 spiro atoms. The van der Waals surface area contributed by atoms with E-state index in [0.29, 0.717) is 0 Å². The van der Waals surface area contributed by atoms with E-state index in [4.69, 9.17) is 0 Å². The number of rotatable bonds is 1. The second-order valence-electron chi connectivity index (χ2n) is 4.52. The van der Waals surface area contributed by atoms with Crippen molar-refractivity contribution >= 4 is 17.8 Å². The van der Waals surface area contributed by atoms with Crippen molar-refractivity contribution < 1.29 is 14.4 Å². The third-order valence-corrected chi connectivity index (χ3v) is 3.40. The summed E-state index contributed by atoms with van der Waals surface area (Å²) in [4.78, 5) is 35.2. The van der Waals surface area contributed by atoms with E-state index in [1.54, 1.807) is 0 Å². The van der Waals surface area contributed by atoms with E-state index in [1.165, 1.54) is 13.3 Å². The van der Waals surface area contributed by atoms with Crippen LogP contribution in [0.3, 0.4) is 0 Å². The van der Waals surface area contributed by atoms with E-state index in [-0.39, 0.29) is 11.8 Å². The second kappa shape index (κ2) is 4.23. The molecule has 88 valence electrons. The van der Waals surface area contributed by atoms with Gasteiger partial charge in [0.15, 0.2) is 0 Å². The number of hydrogen-bond acceptors (Lipinski definition) is 3. The van der Waals surface area contributed by atoms with Crippen molar-refractivity contribution in [1.82, 2.24) is 10.2 Å². The van der Waals surface area contributed by atoms with Crippen LogP contribution in [-0.2, 0) is 9.59 Å². The van der Waals surface area contributed by atoms with E-state index >= 15 is 0 Å². The molecular weight excluding hydrogens is 208 g/mol. The highest BCUT2D eigenvalue weighted by Crippen LogP contribution is 2.29. The maximum absolute atomic E-state index is 11.9. The first kappa shape index (κ1) is 11.1. The fourth-order valence-electron chi connectivity index (χ4n) is 2.58. The Morgan fingerprint density at radius 1 is 1.25 bits per heavy atom. The van der Waals surface area contributed by atoms with E-state index in [0.717, 1.165) is 30.6 Å². The molecule has 2 fully saturated rings. The summed E-state index contributed by atoms with van der Waals surface area (Å²) in [5.74, 6) is -0.667. The predicted octanol–water partition coefficient (Wildman–Crippen LogP) is 1.03. The lowest BCUT2D eigenvalue weighted by atomic mass is 9.84. The van der Waals surface area contributed by atoms with Gasteiger partial charge < -0.3 is 5.32 Å². The Morgan fingerprint density at radius 2 is 1.88 bits per heavy atom. The molecule has 2 rings (SSSR count). The molecule has 1 saturated heterocycles. The summed E-state index contributed by atoms with van der Waals surface area (Å²) >= 11 is 0. The van der Waals surface area contributed by atoms with Gasteiger partial charge in [-0.2, -0.15) is 4.90 Å². The van der Waals surface area contributed by atoms with Crippen LogP contribution in [0.15, 0.2) is 0 Å². The number of carbonyl (C=O) groups is 3. The summed E-state index contributed by atoms with van der Waals surface area (Å²) < 4.78 is 0. The summed E-state index contributed by atoms with van der Waals surface area (Å²) in [6.45, 7) is 1.24. The molecule has 0 radical (unpaired) electrons. The molecule has 0 aromatic rings. The fourth-order valence-corrected chi connectivity index (χ4v) is 2.58. The van der Waals surface area contributed by atoms with Crippen molar-refractivity contribution in [2.75, 3.05) is 0 Å². The van der Waals surface area contributed by atoms with Gasteiger partial charge in [0.2, 0.25) is 5.91 Å².